The van der Waals surface area contributed by atoms with Crippen molar-refractivity contribution in [3.8, 4) is 0 Å². The molecular weight excluding hydrogens is 339 g/mol. The van der Waals surface area contributed by atoms with E-state index >= 15 is 0 Å². The topological polar surface area (TPSA) is 33.1 Å². The molecule has 2 nitrogen and oxygen atoms in total. The van der Waals surface area contributed by atoms with Crippen molar-refractivity contribution in [3.63, 3.8) is 0 Å². The molecule has 6 heteroatoms. The van der Waals surface area contributed by atoms with Crippen LogP contribution in [0.5, 0.6) is 0 Å². The quantitative estimate of drug-likeness (QED) is 0.680. The lowest BCUT2D eigenvalue weighted by atomic mass is 9.96. The van der Waals surface area contributed by atoms with E-state index in [0.29, 0.717) is 16.5 Å². The number of para-hydroxylation sites is 1. The maximum atomic E-state index is 13.2. The van der Waals surface area contributed by atoms with Gasteiger partial charge in [-0.1, -0.05) is 48.0 Å². The molecule has 0 amide bonds. The second-order valence-electron chi connectivity index (χ2n) is 5.49. The summed E-state index contributed by atoms with van der Waals surface area (Å²) in [6, 6.07) is 12.5. The van der Waals surface area contributed by atoms with Gasteiger partial charge in [-0.15, -0.1) is 0 Å². The third kappa shape index (κ3) is 2.97. The standard InChI is InChI=1S/C18H13ClF3NO/c1-10-5-4-7-11-13(9-15(18(20,21)22)23-16(10)11)17(24)12-6-2-3-8-14(12)19/h2-9,17,24H,1H3. The van der Waals surface area contributed by atoms with Crippen LogP contribution in [0.2, 0.25) is 5.02 Å². The lowest BCUT2D eigenvalue weighted by Gasteiger charge is -2.18. The second kappa shape index (κ2) is 6.07. The molecule has 1 N–H and O–H groups in total. The van der Waals surface area contributed by atoms with Gasteiger partial charge in [0.15, 0.2) is 0 Å². The number of aliphatic hydroxyl groups is 1. The van der Waals surface area contributed by atoms with Gasteiger partial charge in [-0.25, -0.2) is 4.98 Å². The van der Waals surface area contributed by atoms with Gasteiger partial charge in [0.25, 0.3) is 0 Å². The van der Waals surface area contributed by atoms with Crippen molar-refractivity contribution in [3.05, 3.63) is 75.9 Å². The molecule has 0 bridgehead atoms. The van der Waals surface area contributed by atoms with E-state index in [1.807, 2.05) is 0 Å². The number of fused-ring (bicyclic) bond motifs is 1. The lowest BCUT2D eigenvalue weighted by molar-refractivity contribution is -0.141. The van der Waals surface area contributed by atoms with Crippen LogP contribution in [0.15, 0.2) is 48.5 Å². The molecule has 0 spiro atoms. The van der Waals surface area contributed by atoms with Crippen molar-refractivity contribution in [2.75, 3.05) is 0 Å². The first kappa shape index (κ1) is 16.7. The van der Waals surface area contributed by atoms with Crippen LogP contribution in [0.3, 0.4) is 0 Å². The summed E-state index contributed by atoms with van der Waals surface area (Å²) < 4.78 is 39.6. The van der Waals surface area contributed by atoms with Gasteiger partial charge in [0.05, 0.1) is 5.52 Å². The van der Waals surface area contributed by atoms with E-state index in [9.17, 15) is 18.3 Å². The highest BCUT2D eigenvalue weighted by atomic mass is 35.5. The predicted molar refractivity (Wildman–Crippen MR) is 87.0 cm³/mol. The van der Waals surface area contributed by atoms with Crippen LogP contribution < -0.4 is 0 Å². The SMILES string of the molecule is Cc1cccc2c(C(O)c3ccccc3Cl)cc(C(F)(F)F)nc12. The van der Waals surface area contributed by atoms with Gasteiger partial charge in [0.2, 0.25) is 0 Å². The number of aromatic nitrogens is 1. The Morgan fingerprint density at radius 3 is 2.42 bits per heavy atom. The average Bonchev–Trinajstić information content (AvgIpc) is 2.53. The van der Waals surface area contributed by atoms with Crippen LogP contribution in [-0.2, 0) is 6.18 Å². The number of pyridine rings is 1. The first-order valence-corrected chi connectivity index (χ1v) is 7.57. The van der Waals surface area contributed by atoms with Gasteiger partial charge in [-0.05, 0) is 30.2 Å². The Morgan fingerprint density at radius 1 is 1.04 bits per heavy atom. The van der Waals surface area contributed by atoms with E-state index in [1.165, 1.54) is 0 Å². The Bertz CT molecular complexity index is 908. The lowest BCUT2D eigenvalue weighted by Crippen LogP contribution is -2.11. The first-order chi connectivity index (χ1) is 11.3. The molecular formula is C18H13ClF3NO. The number of benzene rings is 2. The minimum Gasteiger partial charge on any atom is -0.384 e. The molecule has 3 rings (SSSR count). The molecule has 1 unspecified atom stereocenters. The number of nitrogens with zero attached hydrogens (tertiary/aromatic N) is 1. The van der Waals surface area contributed by atoms with Crippen molar-refractivity contribution in [2.24, 2.45) is 0 Å². The number of hydrogen-bond donors (Lipinski definition) is 1. The predicted octanol–water partition coefficient (Wildman–Crippen LogP) is 5.30. The molecule has 1 heterocycles. The third-order valence-corrected chi connectivity index (χ3v) is 4.20. The zero-order chi connectivity index (χ0) is 17.5. The fourth-order valence-electron chi connectivity index (χ4n) is 2.65. The molecule has 2 aromatic carbocycles. The summed E-state index contributed by atoms with van der Waals surface area (Å²) in [5.41, 5.74) is 0.260. The number of halogens is 4. The molecule has 124 valence electrons. The number of alkyl halides is 3. The van der Waals surface area contributed by atoms with Crippen molar-refractivity contribution < 1.29 is 18.3 Å². The Hall–Kier alpha value is -2.11. The summed E-state index contributed by atoms with van der Waals surface area (Å²) in [7, 11) is 0. The van der Waals surface area contributed by atoms with Gasteiger partial charge in [-0.3, -0.25) is 0 Å². The maximum Gasteiger partial charge on any atom is 0.433 e. The van der Waals surface area contributed by atoms with Gasteiger partial charge in [0, 0.05) is 16.0 Å². The van der Waals surface area contributed by atoms with Gasteiger partial charge in [-0.2, -0.15) is 13.2 Å². The average molecular weight is 352 g/mol. The van der Waals surface area contributed by atoms with Crippen molar-refractivity contribution >= 4 is 22.5 Å². The molecule has 0 saturated heterocycles. The minimum atomic E-state index is -4.61. The minimum absolute atomic E-state index is 0.129. The zero-order valence-electron chi connectivity index (χ0n) is 12.6. The van der Waals surface area contributed by atoms with Gasteiger partial charge < -0.3 is 5.11 Å². The molecule has 1 atom stereocenters. The molecule has 0 aliphatic heterocycles. The summed E-state index contributed by atoms with van der Waals surface area (Å²) in [4.78, 5) is 3.74. The molecule has 24 heavy (non-hydrogen) atoms. The van der Waals surface area contributed by atoms with Crippen LogP contribution in [0.4, 0.5) is 13.2 Å². The van der Waals surface area contributed by atoms with Gasteiger partial charge >= 0.3 is 6.18 Å². The van der Waals surface area contributed by atoms with E-state index in [2.05, 4.69) is 4.98 Å². The summed E-state index contributed by atoms with van der Waals surface area (Å²) in [6.07, 6.45) is -5.89. The Labute approximate surface area is 141 Å². The van der Waals surface area contributed by atoms with Crippen LogP contribution in [-0.4, -0.2) is 10.1 Å². The molecule has 0 radical (unpaired) electrons. The highest BCUT2D eigenvalue weighted by Crippen LogP contribution is 2.37. The highest BCUT2D eigenvalue weighted by Gasteiger charge is 2.34. The summed E-state index contributed by atoms with van der Waals surface area (Å²) in [6.45, 7) is 1.68. The summed E-state index contributed by atoms with van der Waals surface area (Å²) in [5, 5.41) is 11.4. The van der Waals surface area contributed by atoms with Crippen molar-refractivity contribution in [1.82, 2.24) is 4.98 Å². The Morgan fingerprint density at radius 2 is 1.75 bits per heavy atom. The second-order valence-corrected chi connectivity index (χ2v) is 5.90. The van der Waals surface area contributed by atoms with Crippen molar-refractivity contribution in [2.45, 2.75) is 19.2 Å². The largest absolute Gasteiger partial charge is 0.433 e. The van der Waals surface area contributed by atoms with E-state index in [4.69, 9.17) is 11.6 Å². The maximum absolute atomic E-state index is 13.2. The molecule has 0 fully saturated rings. The number of rotatable bonds is 2. The number of aryl methyl sites for hydroxylation is 1. The van der Waals surface area contributed by atoms with Crippen LogP contribution >= 0.6 is 11.6 Å². The monoisotopic (exact) mass is 351 g/mol. The van der Waals surface area contributed by atoms with E-state index in [1.54, 1.807) is 49.4 Å². The van der Waals surface area contributed by atoms with Gasteiger partial charge in [0.1, 0.15) is 11.8 Å². The smallest absolute Gasteiger partial charge is 0.384 e. The summed E-state index contributed by atoms with van der Waals surface area (Å²) in [5.74, 6) is 0. The normalized spacial score (nSPS) is 13.2. The molecule has 1 aromatic heterocycles. The van der Waals surface area contributed by atoms with Crippen molar-refractivity contribution in [1.29, 1.82) is 0 Å². The molecule has 0 aliphatic carbocycles. The van der Waals surface area contributed by atoms with Crippen LogP contribution in [0, 0.1) is 6.92 Å². The highest BCUT2D eigenvalue weighted by molar-refractivity contribution is 6.31. The third-order valence-electron chi connectivity index (χ3n) is 3.86. The molecule has 0 saturated carbocycles. The fourth-order valence-corrected chi connectivity index (χ4v) is 2.89. The van der Waals surface area contributed by atoms with E-state index in [0.717, 1.165) is 6.07 Å². The van der Waals surface area contributed by atoms with E-state index < -0.39 is 18.0 Å². The van der Waals surface area contributed by atoms with E-state index in [-0.39, 0.29) is 16.1 Å². The molecule has 0 aliphatic rings. The first-order valence-electron chi connectivity index (χ1n) is 7.19. The molecule has 3 aromatic rings. The number of aliphatic hydroxyl groups excluding tert-OH is 1. The van der Waals surface area contributed by atoms with Crippen LogP contribution in [0.25, 0.3) is 10.9 Å². The Balaban J connectivity index is 2.30. The zero-order valence-corrected chi connectivity index (χ0v) is 13.4. The Kier molecular flexibility index (Phi) is 4.24. The van der Waals surface area contributed by atoms with Crippen LogP contribution in [0.1, 0.15) is 28.5 Å². The fraction of sp³-hybridized carbons (Fsp3) is 0.167. The summed E-state index contributed by atoms with van der Waals surface area (Å²) >= 11 is 6.08. The number of hydrogen-bond acceptors (Lipinski definition) is 2.